The van der Waals surface area contributed by atoms with Gasteiger partial charge in [-0.05, 0) is 93.7 Å². The maximum absolute atomic E-state index is 13.4. The molecule has 0 radical (unpaired) electrons. The zero-order valence-electron chi connectivity index (χ0n) is 42.1. The Morgan fingerprint density at radius 1 is 0.786 bits per heavy atom. The molecule has 1 saturated carbocycles. The van der Waals surface area contributed by atoms with E-state index < -0.39 is 47.3 Å². The number of carboxylic acids is 1. The third-order valence-corrected chi connectivity index (χ3v) is 17.9. The van der Waals surface area contributed by atoms with Crippen LogP contribution in [0.5, 0.6) is 5.75 Å². The third-order valence-electron chi connectivity index (χ3n) is 13.7. The lowest BCUT2D eigenvalue weighted by molar-refractivity contribution is -0.134. The van der Waals surface area contributed by atoms with E-state index in [1.165, 1.54) is 44.9 Å². The van der Waals surface area contributed by atoms with Crippen molar-refractivity contribution < 1.29 is 48.0 Å². The number of thioether (sulfide) groups is 2. The summed E-state index contributed by atoms with van der Waals surface area (Å²) in [5, 5.41) is 25.2. The smallest absolute Gasteiger partial charge is 0.343 e. The molecule has 1 saturated heterocycles. The molecule has 5 amide bonds. The second-order valence-electron chi connectivity index (χ2n) is 19.4. The van der Waals surface area contributed by atoms with Crippen molar-refractivity contribution in [3.8, 4) is 5.75 Å². The molecule has 0 aromatic heterocycles. The van der Waals surface area contributed by atoms with E-state index in [-0.39, 0.29) is 54.1 Å². The third kappa shape index (κ3) is 15.0. The van der Waals surface area contributed by atoms with Gasteiger partial charge in [-0.2, -0.15) is 0 Å². The zero-order chi connectivity index (χ0) is 50.7. The molecule has 1 aliphatic carbocycles. The second-order valence-corrected chi connectivity index (χ2v) is 21.9. The molecule has 2 fully saturated rings. The SMILES string of the molecule is CCC1SC(C(=O)O)=C2SC1(C1(C)CCCCCCCCC1)C2(C)Nc1ccc(OCCOCCOCCOCC(=O)NC(C(=O)N[C@@H](CCCNC(N)=O)C(=O)Nc2ccc(C)cc2)C(C)C)cc1. The lowest BCUT2D eigenvalue weighted by Gasteiger charge is -2.71. The van der Waals surface area contributed by atoms with E-state index >= 15 is 0 Å². The number of primary amides is 1. The van der Waals surface area contributed by atoms with Crippen LogP contribution in [-0.4, -0.2) is 115 Å². The molecule has 0 spiro atoms. The standard InChI is InChI=1S/C52H78N6O10S2/c1-7-41-52(50(5)25-13-11-9-8-10-12-14-26-50)51(6,45(70-52)44(69-41)48(62)63)58-38-21-23-39(24-22-38)68-33-32-66-29-28-65-30-31-67-34-42(59)57-43(35(2)3)47(61)56-40(16-15-27-54-49(53)64)46(60)55-37-19-17-36(4)18-20-37/h17-24,35,40-41,43,58H,7-16,25-34H2,1-6H3,(H,55,60)(H,56,61)(H,57,59)(H,62,63)(H3,53,54,64)/t40-,41?,43?,51?,52?/m0/s1. The van der Waals surface area contributed by atoms with Crippen molar-refractivity contribution in [2.45, 2.75) is 146 Å². The van der Waals surface area contributed by atoms with Crippen molar-refractivity contribution in [2.75, 3.05) is 63.4 Å². The number of ether oxygens (including phenoxy) is 4. The lowest BCUT2D eigenvalue weighted by atomic mass is 9.58. The number of hydrogen-bond donors (Lipinski definition) is 7. The zero-order valence-corrected chi connectivity index (χ0v) is 43.7. The van der Waals surface area contributed by atoms with Gasteiger partial charge in [0, 0.05) is 28.1 Å². The van der Waals surface area contributed by atoms with Gasteiger partial charge in [-0.3, -0.25) is 14.4 Å². The number of anilines is 2. The summed E-state index contributed by atoms with van der Waals surface area (Å²) in [6, 6.07) is 12.6. The maximum atomic E-state index is 13.4. The lowest BCUT2D eigenvalue weighted by Crippen LogP contribution is -2.76. The molecule has 3 aliphatic heterocycles. The van der Waals surface area contributed by atoms with Crippen LogP contribution in [0.1, 0.15) is 117 Å². The number of nitrogens with one attached hydrogen (secondary N) is 5. The average molecular weight is 1010 g/mol. The molecule has 16 nitrogen and oxygen atoms in total. The summed E-state index contributed by atoms with van der Waals surface area (Å²) < 4.78 is 22.6. The number of carboxylic acid groups (broad SMARTS) is 1. The fraction of sp³-hybridized carbons (Fsp3) is 0.635. The number of aryl methyl sites for hydroxylation is 1. The van der Waals surface area contributed by atoms with Gasteiger partial charge in [-0.15, -0.1) is 23.5 Å². The van der Waals surface area contributed by atoms with E-state index in [2.05, 4.69) is 47.4 Å². The second kappa shape index (κ2) is 27.4. The largest absolute Gasteiger partial charge is 0.491 e. The van der Waals surface area contributed by atoms with Gasteiger partial charge in [0.05, 0.1) is 43.3 Å². The number of amides is 5. The number of rotatable bonds is 27. The molecule has 18 heteroatoms. The van der Waals surface area contributed by atoms with Crippen molar-refractivity contribution in [3.63, 3.8) is 0 Å². The van der Waals surface area contributed by atoms with Crippen molar-refractivity contribution in [1.82, 2.24) is 16.0 Å². The summed E-state index contributed by atoms with van der Waals surface area (Å²) in [6.07, 6.45) is 12.6. The van der Waals surface area contributed by atoms with Crippen LogP contribution in [0, 0.1) is 18.3 Å². The number of carbonyl (C=O) groups excluding carboxylic acids is 4. The first-order valence-corrected chi connectivity index (χ1v) is 26.8. The molecular formula is C52H78N6O10S2. The van der Waals surface area contributed by atoms with E-state index in [4.69, 9.17) is 24.7 Å². The molecule has 6 rings (SSSR count). The van der Waals surface area contributed by atoms with Crippen LogP contribution < -0.4 is 37.1 Å². The molecule has 4 unspecified atom stereocenters. The van der Waals surface area contributed by atoms with E-state index in [9.17, 15) is 29.1 Å². The minimum atomic E-state index is -0.940. The Morgan fingerprint density at radius 3 is 1.96 bits per heavy atom. The van der Waals surface area contributed by atoms with Gasteiger partial charge < -0.3 is 56.4 Å². The number of hydrogen-bond acceptors (Lipinski definition) is 12. The molecule has 2 bridgehead atoms. The van der Waals surface area contributed by atoms with Gasteiger partial charge in [0.25, 0.3) is 0 Å². The number of fused-ring (bicyclic) bond motifs is 2. The summed E-state index contributed by atoms with van der Waals surface area (Å²) in [4.78, 5) is 64.6. The highest BCUT2D eigenvalue weighted by molar-refractivity contribution is 8.13. The van der Waals surface area contributed by atoms with Crippen molar-refractivity contribution >= 4 is 64.6 Å². The summed E-state index contributed by atoms with van der Waals surface area (Å²) in [6.45, 7) is 14.1. The summed E-state index contributed by atoms with van der Waals surface area (Å²) >= 11 is 3.43. The summed E-state index contributed by atoms with van der Waals surface area (Å²) in [5.74, 6) is -1.88. The fourth-order valence-corrected chi connectivity index (χ4v) is 14.0. The highest BCUT2D eigenvalue weighted by atomic mass is 32.2. The van der Waals surface area contributed by atoms with Crippen LogP contribution in [0.25, 0.3) is 0 Å². The van der Waals surface area contributed by atoms with Crippen LogP contribution in [0.2, 0.25) is 0 Å². The molecule has 2 aromatic carbocycles. The van der Waals surface area contributed by atoms with Crippen LogP contribution in [0.15, 0.2) is 58.3 Å². The minimum Gasteiger partial charge on any atom is -0.491 e. The molecule has 3 heterocycles. The Hall–Kier alpha value is -4.49. The van der Waals surface area contributed by atoms with Crippen molar-refractivity contribution in [1.29, 1.82) is 0 Å². The highest BCUT2D eigenvalue weighted by Gasteiger charge is 2.74. The normalized spacial score (nSPS) is 21.9. The van der Waals surface area contributed by atoms with E-state index in [1.54, 1.807) is 37.7 Å². The first kappa shape index (κ1) is 56.4. The van der Waals surface area contributed by atoms with Gasteiger partial charge in [-0.1, -0.05) is 90.3 Å². The molecule has 4 aliphatic rings. The Balaban J connectivity index is 0.999. The van der Waals surface area contributed by atoms with Gasteiger partial charge in [0.2, 0.25) is 17.7 Å². The molecule has 70 heavy (non-hydrogen) atoms. The minimum absolute atomic E-state index is 0.0483. The van der Waals surface area contributed by atoms with Crippen molar-refractivity contribution in [2.24, 2.45) is 17.1 Å². The number of urea groups is 1. The van der Waals surface area contributed by atoms with Crippen LogP contribution in [0.3, 0.4) is 0 Å². The number of carbonyl (C=O) groups is 5. The highest BCUT2D eigenvalue weighted by Crippen LogP contribution is 2.76. The quantitative estimate of drug-likeness (QED) is 0.0420. The molecule has 2 aromatic rings. The maximum Gasteiger partial charge on any atom is 0.343 e. The number of nitrogens with two attached hydrogens (primary N) is 1. The predicted molar refractivity (Wildman–Crippen MR) is 278 cm³/mol. The predicted octanol–water partition coefficient (Wildman–Crippen LogP) is 8.15. The van der Waals surface area contributed by atoms with Gasteiger partial charge >= 0.3 is 12.0 Å². The monoisotopic (exact) mass is 1010 g/mol. The van der Waals surface area contributed by atoms with Crippen molar-refractivity contribution in [3.05, 3.63) is 63.9 Å². The molecule has 388 valence electrons. The Bertz CT molecular complexity index is 2060. The first-order valence-electron chi connectivity index (χ1n) is 25.1. The average Bonchev–Trinajstić information content (AvgIpc) is 3.33. The Kier molecular flexibility index (Phi) is 22.1. The van der Waals surface area contributed by atoms with Crippen LogP contribution in [0.4, 0.5) is 16.2 Å². The fourth-order valence-electron chi connectivity index (χ4n) is 10.0. The van der Waals surface area contributed by atoms with Gasteiger partial charge in [0.1, 0.15) is 36.0 Å². The summed E-state index contributed by atoms with van der Waals surface area (Å²) in [7, 11) is 0. The molecule has 5 atom stereocenters. The molecule has 8 N–H and O–H groups in total. The Morgan fingerprint density at radius 2 is 1.37 bits per heavy atom. The van der Waals surface area contributed by atoms with Crippen LogP contribution >= 0.6 is 23.5 Å². The van der Waals surface area contributed by atoms with E-state index in [0.717, 1.165) is 35.4 Å². The van der Waals surface area contributed by atoms with E-state index in [1.807, 2.05) is 55.1 Å². The topological polar surface area (TPSA) is 229 Å². The van der Waals surface area contributed by atoms with Gasteiger partial charge in [0.15, 0.2) is 0 Å². The van der Waals surface area contributed by atoms with Crippen LogP contribution in [-0.2, 0) is 33.4 Å². The van der Waals surface area contributed by atoms with Gasteiger partial charge in [-0.25, -0.2) is 9.59 Å². The number of aliphatic carboxylic acids is 1. The van der Waals surface area contributed by atoms with E-state index in [0.29, 0.717) is 49.2 Å². The Labute approximate surface area is 423 Å². The molecular weight excluding hydrogens is 933 g/mol. The summed E-state index contributed by atoms with van der Waals surface area (Å²) in [5.41, 5.74) is 7.23. The number of benzene rings is 2. The first-order chi connectivity index (χ1) is 33.5.